The number of nitrogens with zero attached hydrogens (tertiary/aromatic N) is 3. The summed E-state index contributed by atoms with van der Waals surface area (Å²) in [6.45, 7) is 7.15. The van der Waals surface area contributed by atoms with Crippen LogP contribution in [0, 0.1) is 0 Å². The Hall–Kier alpha value is -1.30. The van der Waals surface area contributed by atoms with Crippen molar-refractivity contribution in [2.45, 2.75) is 18.9 Å². The number of hydrogen-bond acceptors (Lipinski definition) is 4. The van der Waals surface area contributed by atoms with Crippen molar-refractivity contribution in [3.05, 3.63) is 18.2 Å². The quantitative estimate of drug-likeness (QED) is 0.897. The van der Waals surface area contributed by atoms with E-state index in [9.17, 15) is 0 Å². The van der Waals surface area contributed by atoms with Crippen LogP contribution in [0.3, 0.4) is 0 Å². The molecule has 0 amide bonds. The molecule has 0 radical (unpaired) electrons. The lowest BCUT2D eigenvalue weighted by molar-refractivity contribution is -0.256. The first-order valence-electron chi connectivity index (χ1n) is 8.35. The Labute approximate surface area is 133 Å². The van der Waals surface area contributed by atoms with Crippen molar-refractivity contribution in [1.82, 2.24) is 9.80 Å². The minimum absolute atomic E-state index is 0.763. The molecule has 5 nitrogen and oxygen atoms in total. The van der Waals surface area contributed by atoms with Crippen LogP contribution >= 0.6 is 0 Å². The zero-order valence-electron chi connectivity index (χ0n) is 13.9. The number of piperazine rings is 1. The van der Waals surface area contributed by atoms with Crippen molar-refractivity contribution < 1.29 is 10.5 Å². The molecule has 0 unspecified atom stereocenters. The van der Waals surface area contributed by atoms with E-state index in [1.807, 2.05) is 0 Å². The van der Waals surface area contributed by atoms with Crippen LogP contribution in [-0.4, -0.2) is 69.3 Å². The Morgan fingerprint density at radius 1 is 1.05 bits per heavy atom. The summed E-state index contributed by atoms with van der Waals surface area (Å²) >= 11 is 0. The molecule has 1 aromatic carbocycles. The second kappa shape index (κ2) is 6.86. The predicted molar refractivity (Wildman–Crippen MR) is 89.8 cm³/mol. The average Bonchev–Trinajstić information content (AvgIpc) is 2.56. The van der Waals surface area contributed by atoms with Gasteiger partial charge in [-0.2, -0.15) is 0 Å². The summed E-state index contributed by atoms with van der Waals surface area (Å²) in [7, 11) is 3.94. The summed E-state index contributed by atoms with van der Waals surface area (Å²) in [5, 5.41) is 0. The van der Waals surface area contributed by atoms with E-state index in [4.69, 9.17) is 4.74 Å². The van der Waals surface area contributed by atoms with Crippen LogP contribution in [0.2, 0.25) is 0 Å². The van der Waals surface area contributed by atoms with Gasteiger partial charge in [0.2, 0.25) is 0 Å². The second-order valence-corrected chi connectivity index (χ2v) is 6.55. The molecule has 22 heavy (non-hydrogen) atoms. The van der Waals surface area contributed by atoms with Crippen molar-refractivity contribution in [3.63, 3.8) is 0 Å². The Morgan fingerprint density at radius 2 is 1.73 bits per heavy atom. The van der Waals surface area contributed by atoms with E-state index in [2.05, 4.69) is 45.7 Å². The Kier molecular flexibility index (Phi) is 4.86. The normalized spacial score (nSPS) is 22.0. The first-order chi connectivity index (χ1) is 10.7. The maximum Gasteiger partial charge on any atom is 0.181 e. The molecule has 0 bridgehead atoms. The predicted octanol–water partition coefficient (Wildman–Crippen LogP) is 0.785. The molecule has 3 N–H and O–H groups in total. The van der Waals surface area contributed by atoms with Gasteiger partial charge >= 0.3 is 0 Å². The minimum Gasteiger partial charge on any atom is -0.491 e. The number of rotatable bonds is 3. The van der Waals surface area contributed by atoms with Gasteiger partial charge in [-0.25, -0.2) is 0 Å². The van der Waals surface area contributed by atoms with Gasteiger partial charge in [0.25, 0.3) is 0 Å². The van der Waals surface area contributed by atoms with E-state index < -0.39 is 0 Å². The standard InChI is InChI=1S/C17H28N4O/c1-19-9-11-21(12-10-19)14-5-7-20(8-6-14)15-3-4-16(18)17(13-15)22-2/h3-4,13-14H,5-12,18H2,1-2H3/p+1. The molecule has 0 aliphatic carbocycles. The average molecular weight is 305 g/mol. The van der Waals surface area contributed by atoms with Gasteiger partial charge in [0.15, 0.2) is 11.4 Å². The first kappa shape index (κ1) is 15.6. The third-order valence-corrected chi connectivity index (χ3v) is 5.15. The van der Waals surface area contributed by atoms with Crippen molar-refractivity contribution >= 4 is 11.4 Å². The fourth-order valence-corrected chi connectivity index (χ4v) is 3.61. The van der Waals surface area contributed by atoms with Gasteiger partial charge in [-0.15, -0.1) is 0 Å². The highest BCUT2D eigenvalue weighted by molar-refractivity contribution is 5.58. The van der Waals surface area contributed by atoms with Crippen molar-refractivity contribution in [2.75, 3.05) is 58.3 Å². The number of methoxy groups -OCH3 is 1. The molecule has 5 heteroatoms. The van der Waals surface area contributed by atoms with Crippen LogP contribution in [-0.2, 0) is 0 Å². The Balaban J connectivity index is 1.57. The van der Waals surface area contributed by atoms with E-state index in [1.165, 1.54) is 44.7 Å². The van der Waals surface area contributed by atoms with Gasteiger partial charge in [-0.05, 0) is 26.0 Å². The zero-order valence-corrected chi connectivity index (χ0v) is 13.9. The van der Waals surface area contributed by atoms with E-state index in [-0.39, 0.29) is 0 Å². The molecule has 2 heterocycles. The molecule has 3 rings (SSSR count). The third-order valence-electron chi connectivity index (χ3n) is 5.15. The van der Waals surface area contributed by atoms with Crippen molar-refractivity contribution in [3.8, 4) is 5.75 Å². The number of hydrogen-bond donors (Lipinski definition) is 1. The van der Waals surface area contributed by atoms with Crippen LogP contribution < -0.4 is 15.4 Å². The van der Waals surface area contributed by atoms with Gasteiger partial charge in [0, 0.05) is 63.1 Å². The second-order valence-electron chi connectivity index (χ2n) is 6.55. The summed E-state index contributed by atoms with van der Waals surface area (Å²) in [5.41, 5.74) is 6.22. The van der Waals surface area contributed by atoms with E-state index >= 15 is 0 Å². The summed E-state index contributed by atoms with van der Waals surface area (Å²) < 4.78 is 5.40. The van der Waals surface area contributed by atoms with E-state index in [1.54, 1.807) is 7.11 Å². The summed E-state index contributed by atoms with van der Waals surface area (Å²) in [5.74, 6) is 0.888. The SMILES string of the molecule is COc1cc(N2CCC(N3CCN(C)CC3)CC2)ccc1[NH3+]. The van der Waals surface area contributed by atoms with E-state index in [0.717, 1.165) is 30.6 Å². The molecular formula is C17H29N4O+. The molecule has 2 aliphatic rings. The summed E-state index contributed by atoms with van der Waals surface area (Å²) in [6.07, 6.45) is 2.52. The van der Waals surface area contributed by atoms with Crippen LogP contribution in [0.25, 0.3) is 0 Å². The lowest BCUT2D eigenvalue weighted by Gasteiger charge is -2.42. The Morgan fingerprint density at radius 3 is 2.36 bits per heavy atom. The molecule has 0 saturated carbocycles. The summed E-state index contributed by atoms with van der Waals surface area (Å²) in [6, 6.07) is 7.11. The van der Waals surface area contributed by atoms with Gasteiger partial charge in [0.05, 0.1) is 7.11 Å². The molecule has 0 spiro atoms. The third kappa shape index (κ3) is 3.37. The van der Waals surface area contributed by atoms with Crippen LogP contribution in [0.1, 0.15) is 12.8 Å². The van der Waals surface area contributed by atoms with Gasteiger partial charge in [-0.3, -0.25) is 4.90 Å². The van der Waals surface area contributed by atoms with Crippen LogP contribution in [0.15, 0.2) is 18.2 Å². The monoisotopic (exact) mass is 305 g/mol. The molecule has 2 fully saturated rings. The van der Waals surface area contributed by atoms with Crippen LogP contribution in [0.5, 0.6) is 5.75 Å². The lowest BCUT2D eigenvalue weighted by atomic mass is 10.0. The zero-order chi connectivity index (χ0) is 15.5. The lowest BCUT2D eigenvalue weighted by Crippen LogP contribution is -2.52. The molecule has 0 aromatic heterocycles. The van der Waals surface area contributed by atoms with E-state index in [0.29, 0.717) is 0 Å². The minimum atomic E-state index is 0.763. The largest absolute Gasteiger partial charge is 0.491 e. The number of likely N-dealkylation sites (N-methyl/N-ethyl adjacent to an activating group) is 1. The first-order valence-corrected chi connectivity index (χ1v) is 8.35. The number of anilines is 1. The molecule has 1 aromatic rings. The molecule has 0 atom stereocenters. The number of benzene rings is 1. The van der Waals surface area contributed by atoms with Crippen LogP contribution in [0.4, 0.5) is 11.4 Å². The fraction of sp³-hybridized carbons (Fsp3) is 0.647. The molecule has 2 aliphatic heterocycles. The highest BCUT2D eigenvalue weighted by Gasteiger charge is 2.27. The highest BCUT2D eigenvalue weighted by Crippen LogP contribution is 2.29. The van der Waals surface area contributed by atoms with Gasteiger partial charge < -0.3 is 20.3 Å². The molecule has 122 valence electrons. The maximum absolute atomic E-state index is 5.40. The molecular weight excluding hydrogens is 276 g/mol. The number of piperidine rings is 1. The fourth-order valence-electron chi connectivity index (χ4n) is 3.61. The summed E-state index contributed by atoms with van der Waals surface area (Å²) in [4.78, 5) is 7.60. The van der Waals surface area contributed by atoms with Crippen molar-refractivity contribution in [1.29, 1.82) is 0 Å². The van der Waals surface area contributed by atoms with Gasteiger partial charge in [0.1, 0.15) is 0 Å². The maximum atomic E-state index is 5.40. The van der Waals surface area contributed by atoms with Crippen molar-refractivity contribution in [2.24, 2.45) is 0 Å². The number of quaternary nitrogens is 1. The topological polar surface area (TPSA) is 46.6 Å². The Bertz CT molecular complexity index is 491. The van der Waals surface area contributed by atoms with Gasteiger partial charge in [-0.1, -0.05) is 0 Å². The molecule has 2 saturated heterocycles. The number of ether oxygens (including phenoxy) is 1. The highest BCUT2D eigenvalue weighted by atomic mass is 16.5. The smallest absolute Gasteiger partial charge is 0.181 e.